The van der Waals surface area contributed by atoms with Crippen molar-refractivity contribution in [1.29, 1.82) is 0 Å². The fourth-order valence-electron chi connectivity index (χ4n) is 1.05. The molecule has 0 aliphatic rings. The molecule has 19 heavy (non-hydrogen) atoms. The van der Waals surface area contributed by atoms with Gasteiger partial charge in [0, 0.05) is 0 Å². The first-order valence-corrected chi connectivity index (χ1v) is 5.25. The average Bonchev–Trinajstić information content (AvgIpc) is 2.15. The zero-order valence-corrected chi connectivity index (χ0v) is 13.3. The summed E-state index contributed by atoms with van der Waals surface area (Å²) >= 11 is 0. The molecule has 0 heterocycles. The minimum atomic E-state index is -4.56. The van der Waals surface area contributed by atoms with Crippen LogP contribution in [-0.2, 0) is 10.1 Å². The molecule has 0 atom stereocenters. The van der Waals surface area contributed by atoms with Gasteiger partial charge in [-0.15, -0.1) is 0 Å². The Balaban J connectivity index is -0.000000853. The molecule has 0 aliphatic heterocycles. The van der Waals surface area contributed by atoms with Crippen molar-refractivity contribution in [2.45, 2.75) is 4.90 Å². The summed E-state index contributed by atoms with van der Waals surface area (Å²) in [4.78, 5) is 20.6. The number of carboxylic acid groups (broad SMARTS) is 2. The van der Waals surface area contributed by atoms with Crippen LogP contribution in [0.1, 0.15) is 20.7 Å². The SMILES string of the molecule is O=C(O)c1ccc(S(=O)(=O)O)cc1C(=O)O.[CH3-].[CH3-].[Ca+2]. The van der Waals surface area contributed by atoms with Crippen LogP contribution in [0, 0.1) is 14.9 Å². The first-order chi connectivity index (χ1) is 7.23. The molecule has 1 aromatic rings. The molecule has 0 bridgehead atoms. The Hall–Kier alpha value is -0.670. The Bertz CT molecular complexity index is 565. The molecular formula is C10H12CaO7S. The molecule has 0 saturated carbocycles. The fourth-order valence-corrected chi connectivity index (χ4v) is 1.55. The summed E-state index contributed by atoms with van der Waals surface area (Å²) in [5.74, 6) is -3.10. The van der Waals surface area contributed by atoms with Gasteiger partial charge < -0.3 is 25.1 Å². The number of benzene rings is 1. The van der Waals surface area contributed by atoms with E-state index in [0.717, 1.165) is 12.1 Å². The van der Waals surface area contributed by atoms with Gasteiger partial charge in [-0.2, -0.15) is 8.42 Å². The van der Waals surface area contributed by atoms with Crippen LogP contribution in [0.5, 0.6) is 0 Å². The topological polar surface area (TPSA) is 129 Å². The summed E-state index contributed by atoms with van der Waals surface area (Å²) in [5, 5.41) is 17.3. The van der Waals surface area contributed by atoms with E-state index in [1.165, 1.54) is 0 Å². The van der Waals surface area contributed by atoms with Crippen LogP contribution in [-0.4, -0.2) is 72.9 Å². The zero-order valence-electron chi connectivity index (χ0n) is 10.3. The Morgan fingerprint density at radius 1 is 0.947 bits per heavy atom. The average molecular weight is 316 g/mol. The molecule has 1 rings (SSSR count). The Labute approximate surface area is 141 Å². The largest absolute Gasteiger partial charge is 2.00 e. The third-order valence-electron chi connectivity index (χ3n) is 1.75. The van der Waals surface area contributed by atoms with Crippen LogP contribution in [0.25, 0.3) is 0 Å². The first kappa shape index (κ1) is 23.4. The van der Waals surface area contributed by atoms with Crippen molar-refractivity contribution in [2.24, 2.45) is 0 Å². The van der Waals surface area contributed by atoms with Crippen molar-refractivity contribution in [3.8, 4) is 0 Å². The molecule has 0 spiro atoms. The van der Waals surface area contributed by atoms with E-state index in [1.54, 1.807) is 0 Å². The normalized spacial score (nSPS) is 9.32. The quantitative estimate of drug-likeness (QED) is 0.428. The van der Waals surface area contributed by atoms with Gasteiger partial charge in [-0.25, -0.2) is 9.59 Å². The number of rotatable bonds is 3. The number of carboxylic acids is 2. The van der Waals surface area contributed by atoms with Crippen LogP contribution in [0.15, 0.2) is 23.1 Å². The van der Waals surface area contributed by atoms with Crippen molar-refractivity contribution in [3.05, 3.63) is 44.2 Å². The number of carbonyl (C=O) groups is 2. The van der Waals surface area contributed by atoms with Gasteiger partial charge in [0.2, 0.25) is 0 Å². The second kappa shape index (κ2) is 8.49. The molecule has 0 fully saturated rings. The van der Waals surface area contributed by atoms with E-state index < -0.39 is 38.1 Å². The number of aromatic carboxylic acids is 2. The molecule has 0 saturated heterocycles. The fraction of sp³-hybridized carbons (Fsp3) is 0. The van der Waals surface area contributed by atoms with Gasteiger partial charge in [-0.3, -0.25) is 4.55 Å². The Morgan fingerprint density at radius 2 is 1.37 bits per heavy atom. The van der Waals surface area contributed by atoms with Crippen molar-refractivity contribution in [2.75, 3.05) is 0 Å². The second-order valence-corrected chi connectivity index (χ2v) is 4.21. The monoisotopic (exact) mass is 316 g/mol. The summed E-state index contributed by atoms with van der Waals surface area (Å²) in [6.07, 6.45) is 0. The van der Waals surface area contributed by atoms with Gasteiger partial charge in [-0.1, -0.05) is 0 Å². The Morgan fingerprint density at radius 3 is 1.68 bits per heavy atom. The maximum atomic E-state index is 10.7. The van der Waals surface area contributed by atoms with Crippen LogP contribution < -0.4 is 0 Å². The van der Waals surface area contributed by atoms with Crippen LogP contribution in [0.4, 0.5) is 0 Å². The van der Waals surface area contributed by atoms with E-state index >= 15 is 0 Å². The zero-order chi connectivity index (χ0) is 12.5. The van der Waals surface area contributed by atoms with Crippen molar-refractivity contribution in [3.63, 3.8) is 0 Å². The van der Waals surface area contributed by atoms with Crippen LogP contribution >= 0.6 is 0 Å². The van der Waals surface area contributed by atoms with Gasteiger partial charge in [0.05, 0.1) is 16.0 Å². The van der Waals surface area contributed by atoms with Crippen molar-refractivity contribution in [1.82, 2.24) is 0 Å². The minimum absolute atomic E-state index is 0. The summed E-state index contributed by atoms with van der Waals surface area (Å²) in [6.45, 7) is 0. The third kappa shape index (κ3) is 5.87. The predicted molar refractivity (Wildman–Crippen MR) is 68.8 cm³/mol. The van der Waals surface area contributed by atoms with E-state index in [2.05, 4.69) is 0 Å². The molecule has 0 aromatic heterocycles. The van der Waals surface area contributed by atoms with E-state index in [1.807, 2.05) is 0 Å². The van der Waals surface area contributed by atoms with Gasteiger partial charge in [-0.05, 0) is 18.2 Å². The van der Waals surface area contributed by atoms with Gasteiger partial charge in [0.1, 0.15) is 0 Å². The molecule has 7 nitrogen and oxygen atoms in total. The standard InChI is InChI=1S/C8H6O7S.2CH3.Ca/c9-7(10)5-2-1-4(16(13,14)15)3-6(5)8(11)12;;;/h1-3H,(H,9,10)(H,11,12)(H,13,14,15);2*1H3;/q;2*-1;+2. The molecule has 9 heteroatoms. The Kier molecular flexibility index (Phi) is 10.5. The molecule has 3 N–H and O–H groups in total. The van der Waals surface area contributed by atoms with E-state index in [0.29, 0.717) is 6.07 Å². The van der Waals surface area contributed by atoms with Crippen molar-refractivity contribution >= 4 is 59.8 Å². The van der Waals surface area contributed by atoms with E-state index in [-0.39, 0.29) is 52.6 Å². The molecule has 0 aliphatic carbocycles. The van der Waals surface area contributed by atoms with Gasteiger partial charge >= 0.3 is 49.7 Å². The van der Waals surface area contributed by atoms with Crippen LogP contribution in [0.3, 0.4) is 0 Å². The first-order valence-electron chi connectivity index (χ1n) is 3.81. The number of hydrogen-bond acceptors (Lipinski definition) is 4. The summed E-state index contributed by atoms with van der Waals surface area (Å²) in [6, 6.07) is 2.20. The maximum absolute atomic E-state index is 10.7. The van der Waals surface area contributed by atoms with Gasteiger partial charge in [0.15, 0.2) is 0 Å². The molecule has 1 aromatic carbocycles. The van der Waals surface area contributed by atoms with Gasteiger partial charge in [0.25, 0.3) is 10.1 Å². The summed E-state index contributed by atoms with van der Waals surface area (Å²) in [7, 11) is -4.56. The second-order valence-electron chi connectivity index (χ2n) is 2.79. The van der Waals surface area contributed by atoms with Crippen LogP contribution in [0.2, 0.25) is 0 Å². The summed E-state index contributed by atoms with van der Waals surface area (Å²) < 4.78 is 30.1. The summed E-state index contributed by atoms with van der Waals surface area (Å²) in [5.41, 5.74) is -1.26. The minimum Gasteiger partial charge on any atom is -0.478 e. The van der Waals surface area contributed by atoms with E-state index in [4.69, 9.17) is 14.8 Å². The van der Waals surface area contributed by atoms with Crippen molar-refractivity contribution < 1.29 is 32.8 Å². The third-order valence-corrected chi connectivity index (χ3v) is 2.60. The predicted octanol–water partition coefficient (Wildman–Crippen LogP) is 0.849. The molecule has 0 radical (unpaired) electrons. The molecule has 0 amide bonds. The molecular weight excluding hydrogens is 304 g/mol. The molecule has 102 valence electrons. The molecule has 0 unspecified atom stereocenters. The van der Waals surface area contributed by atoms with E-state index in [9.17, 15) is 18.0 Å². The maximum Gasteiger partial charge on any atom is 2.00 e. The smallest absolute Gasteiger partial charge is 0.478 e. The number of hydrogen-bond donors (Lipinski definition) is 3.